The highest BCUT2D eigenvalue weighted by Crippen LogP contribution is 2.34. The molecule has 1 unspecified atom stereocenters. The van der Waals surface area contributed by atoms with Gasteiger partial charge in [0.1, 0.15) is 5.75 Å². The largest absolute Gasteiger partial charge is 0.427 e. The van der Waals surface area contributed by atoms with Crippen LogP contribution in [-0.4, -0.2) is 26.3 Å². The first kappa shape index (κ1) is 36.3. The van der Waals surface area contributed by atoms with E-state index in [0.717, 1.165) is 11.3 Å². The van der Waals surface area contributed by atoms with Gasteiger partial charge in [-0.05, 0) is 41.0 Å². The topological polar surface area (TPSA) is 128 Å². The summed E-state index contributed by atoms with van der Waals surface area (Å²) in [5.41, 5.74) is 1.31. The molecule has 0 amide bonds. The molecule has 0 aliphatic heterocycles. The van der Waals surface area contributed by atoms with Crippen molar-refractivity contribution in [2.75, 3.05) is 5.32 Å². The maximum atomic E-state index is 13.2. The fraction of sp³-hybridized carbons (Fsp3) is 0.154. The number of hydrogen-bond donors (Lipinski definition) is 3. The quantitative estimate of drug-likeness (QED) is 0.0540. The summed E-state index contributed by atoms with van der Waals surface area (Å²) in [6.07, 6.45) is -0.120. The van der Waals surface area contributed by atoms with Gasteiger partial charge in [0, 0.05) is 12.1 Å². The van der Waals surface area contributed by atoms with Gasteiger partial charge < -0.3 is 14.8 Å². The van der Waals surface area contributed by atoms with Crippen LogP contribution in [0.5, 0.6) is 5.75 Å². The smallest absolute Gasteiger partial charge is 0.316 e. The van der Waals surface area contributed by atoms with Crippen LogP contribution in [0.2, 0.25) is 0 Å². The molecule has 0 saturated heterocycles. The van der Waals surface area contributed by atoms with Crippen molar-refractivity contribution in [3.63, 3.8) is 0 Å². The highest BCUT2D eigenvalue weighted by molar-refractivity contribution is 7.70. The predicted molar refractivity (Wildman–Crippen MR) is 189 cm³/mol. The second-order valence-electron chi connectivity index (χ2n) is 10.8. The number of carbonyl (C=O) groups is 3. The molecule has 1 atom stereocenters. The Hall–Kier alpha value is -5.58. The van der Waals surface area contributed by atoms with E-state index in [2.05, 4.69) is 10.0 Å². The summed E-state index contributed by atoms with van der Waals surface area (Å²) >= 11 is 0. The zero-order valence-electron chi connectivity index (χ0n) is 26.9. The van der Waals surface area contributed by atoms with E-state index < -0.39 is 40.8 Å². The van der Waals surface area contributed by atoms with Gasteiger partial charge in [-0.2, -0.15) is 0 Å². The molecule has 252 valence electrons. The molecular formula is C39H38N2O7S. The van der Waals surface area contributed by atoms with Crippen molar-refractivity contribution < 1.29 is 32.3 Å². The van der Waals surface area contributed by atoms with Gasteiger partial charge in [-0.15, -0.1) is 0 Å². The van der Waals surface area contributed by atoms with Crippen LogP contribution in [0.15, 0.2) is 152 Å². The van der Waals surface area contributed by atoms with Crippen LogP contribution in [-0.2, 0) is 35.5 Å². The first-order valence-corrected chi connectivity index (χ1v) is 16.9. The maximum Gasteiger partial charge on any atom is 0.316 e. The minimum absolute atomic E-state index is 0.114. The van der Waals surface area contributed by atoms with E-state index in [4.69, 9.17) is 9.47 Å². The first-order chi connectivity index (χ1) is 23.8. The van der Waals surface area contributed by atoms with Crippen LogP contribution in [0.4, 0.5) is 5.69 Å². The molecule has 0 radical (unpaired) electrons. The molecular weight excluding hydrogens is 641 g/mol. The Labute approximate surface area is 288 Å². The molecule has 0 aromatic heterocycles. The molecule has 0 spiro atoms. The number of thiol groups is 1. The van der Waals surface area contributed by atoms with E-state index in [1.54, 1.807) is 79.7 Å². The maximum absolute atomic E-state index is 13.2. The van der Waals surface area contributed by atoms with Gasteiger partial charge in [0.05, 0.1) is 24.4 Å². The summed E-state index contributed by atoms with van der Waals surface area (Å²) in [5.74, 6) is -1.16. The molecule has 5 aromatic rings. The van der Waals surface area contributed by atoms with Crippen molar-refractivity contribution in [3.8, 4) is 5.75 Å². The summed E-state index contributed by atoms with van der Waals surface area (Å²) in [6, 6.07) is 44.9. The van der Waals surface area contributed by atoms with E-state index in [1.165, 1.54) is 0 Å². The molecule has 0 fully saturated rings. The number of hydrogen-bond acceptors (Lipinski definition) is 8. The van der Waals surface area contributed by atoms with Gasteiger partial charge in [-0.1, -0.05) is 134 Å². The van der Waals surface area contributed by atoms with Crippen LogP contribution in [0.3, 0.4) is 0 Å². The molecule has 0 heterocycles. The number of esters is 3. The standard InChI is InChI=1S/C30H28N2O5S.C9H10O2/c33-28(21-27(23-13-5-1-6-14-23)31-26-19-11-4-12-20-26)37-29(34)22-30(32-38(35)36,24-15-7-2-8-16-24)25-17-9-3-10-18-25;1-2-9(10)11-8-6-4-3-5-7-8/h1-20,27,31,38H,21-22H2,(H,32,35,36);3-7H,2H2,1H3. The zero-order chi connectivity index (χ0) is 34.9. The first-order valence-electron chi connectivity index (χ1n) is 15.7. The van der Waals surface area contributed by atoms with Gasteiger partial charge in [-0.25, -0.2) is 13.1 Å². The van der Waals surface area contributed by atoms with Crippen molar-refractivity contribution >= 4 is 34.5 Å². The van der Waals surface area contributed by atoms with Crippen LogP contribution >= 0.6 is 0 Å². The second kappa shape index (κ2) is 18.7. The average Bonchev–Trinajstić information content (AvgIpc) is 3.13. The van der Waals surface area contributed by atoms with E-state index in [9.17, 15) is 22.8 Å². The highest BCUT2D eigenvalue weighted by atomic mass is 32.2. The van der Waals surface area contributed by atoms with Gasteiger partial charge in [0.2, 0.25) is 10.9 Å². The average molecular weight is 679 g/mol. The summed E-state index contributed by atoms with van der Waals surface area (Å²) in [4.78, 5) is 36.9. The van der Waals surface area contributed by atoms with Crippen LogP contribution < -0.4 is 14.8 Å². The lowest BCUT2D eigenvalue weighted by Crippen LogP contribution is -2.45. The van der Waals surface area contributed by atoms with Crippen LogP contribution in [0, 0.1) is 0 Å². The van der Waals surface area contributed by atoms with Crippen molar-refractivity contribution in [1.29, 1.82) is 0 Å². The van der Waals surface area contributed by atoms with Crippen molar-refractivity contribution in [3.05, 3.63) is 168 Å². The Bertz CT molecular complexity index is 1790. The summed E-state index contributed by atoms with van der Waals surface area (Å²) in [7, 11) is -3.11. The lowest BCUT2D eigenvalue weighted by molar-refractivity contribution is -0.160. The molecule has 5 rings (SSSR count). The SMILES string of the molecule is CCC(=O)Oc1ccccc1.O=C(CC(Nc1ccccc1)c1ccccc1)OC(=O)CC(N[SH](=O)=O)(c1ccccc1)c1ccccc1. The third-order valence-electron chi connectivity index (χ3n) is 7.40. The van der Waals surface area contributed by atoms with Crippen LogP contribution in [0.25, 0.3) is 0 Å². The molecule has 5 aromatic carbocycles. The Morgan fingerprint density at radius 3 is 1.59 bits per heavy atom. The van der Waals surface area contributed by atoms with Gasteiger partial charge >= 0.3 is 17.9 Å². The number of benzene rings is 5. The Balaban J connectivity index is 0.000000418. The third kappa shape index (κ3) is 11.3. The fourth-order valence-electron chi connectivity index (χ4n) is 5.09. The van der Waals surface area contributed by atoms with E-state index >= 15 is 0 Å². The molecule has 0 aliphatic carbocycles. The molecule has 9 nitrogen and oxygen atoms in total. The lowest BCUT2D eigenvalue weighted by atomic mass is 9.81. The Morgan fingerprint density at radius 2 is 1.10 bits per heavy atom. The third-order valence-corrected chi connectivity index (χ3v) is 7.97. The molecule has 0 saturated carbocycles. The van der Waals surface area contributed by atoms with E-state index in [-0.39, 0.29) is 12.4 Å². The van der Waals surface area contributed by atoms with Gasteiger partial charge in [-0.3, -0.25) is 14.4 Å². The lowest BCUT2D eigenvalue weighted by Gasteiger charge is -2.33. The highest BCUT2D eigenvalue weighted by Gasteiger charge is 2.39. The molecule has 49 heavy (non-hydrogen) atoms. The Kier molecular flexibility index (Phi) is 13.8. The monoisotopic (exact) mass is 678 g/mol. The number of rotatable bonds is 13. The number of carbonyl (C=O) groups excluding carboxylic acids is 3. The van der Waals surface area contributed by atoms with Crippen molar-refractivity contribution in [1.82, 2.24) is 4.72 Å². The molecule has 2 N–H and O–H groups in total. The zero-order valence-corrected chi connectivity index (χ0v) is 27.8. The van der Waals surface area contributed by atoms with Gasteiger partial charge in [0.25, 0.3) is 0 Å². The Morgan fingerprint density at radius 1 is 0.633 bits per heavy atom. The number of nitrogens with one attached hydrogen (secondary N) is 2. The van der Waals surface area contributed by atoms with Crippen molar-refractivity contribution in [2.45, 2.75) is 37.8 Å². The normalized spacial score (nSPS) is 11.4. The van der Waals surface area contributed by atoms with Crippen LogP contribution in [0.1, 0.15) is 48.9 Å². The van der Waals surface area contributed by atoms with E-state index in [1.807, 2.05) is 78.9 Å². The van der Waals surface area contributed by atoms with Crippen molar-refractivity contribution in [2.24, 2.45) is 0 Å². The minimum atomic E-state index is -3.11. The summed E-state index contributed by atoms with van der Waals surface area (Å²) in [6.45, 7) is 1.77. The summed E-state index contributed by atoms with van der Waals surface area (Å²) in [5, 5.41) is 3.32. The molecule has 0 bridgehead atoms. The minimum Gasteiger partial charge on any atom is -0.427 e. The number of ether oxygens (including phenoxy) is 2. The molecule has 0 aliphatic rings. The molecule has 10 heteroatoms. The van der Waals surface area contributed by atoms with E-state index in [0.29, 0.717) is 23.3 Å². The summed E-state index contributed by atoms with van der Waals surface area (Å²) < 4.78 is 36.6. The number of para-hydroxylation sites is 2. The fourth-order valence-corrected chi connectivity index (χ4v) is 5.74. The number of anilines is 1. The second-order valence-corrected chi connectivity index (χ2v) is 11.6. The predicted octanol–water partition coefficient (Wildman–Crippen LogP) is 6.75. The van der Waals surface area contributed by atoms with Gasteiger partial charge in [0.15, 0.2) is 0 Å².